The Balaban J connectivity index is 1.67. The Morgan fingerprint density at radius 2 is 1.88 bits per heavy atom. The minimum absolute atomic E-state index is 0.0684. The monoisotopic (exact) mass is 465 g/mol. The number of nitrogens with zero attached hydrogens (tertiary/aromatic N) is 7. The van der Waals surface area contributed by atoms with Crippen molar-refractivity contribution in [3.63, 3.8) is 0 Å². The molecule has 0 radical (unpaired) electrons. The number of nitrogen functional groups attached to an aromatic ring is 1. The Kier molecular flexibility index (Phi) is 5.44. The van der Waals surface area contributed by atoms with E-state index in [4.69, 9.17) is 17.3 Å². The maximum atomic E-state index is 13.9. The molecular formula is C18H15ClF3N9O. The Morgan fingerprint density at radius 3 is 2.50 bits per heavy atom. The molecule has 10 nitrogen and oxygen atoms in total. The van der Waals surface area contributed by atoms with Crippen molar-refractivity contribution in [2.24, 2.45) is 0 Å². The van der Waals surface area contributed by atoms with E-state index in [9.17, 15) is 18.3 Å². The number of anilines is 2. The van der Waals surface area contributed by atoms with Crippen LogP contribution >= 0.6 is 11.6 Å². The van der Waals surface area contributed by atoms with Gasteiger partial charge in [-0.2, -0.15) is 28.5 Å². The van der Waals surface area contributed by atoms with Crippen LogP contribution in [0.2, 0.25) is 5.02 Å². The lowest BCUT2D eigenvalue weighted by molar-refractivity contribution is -0.144. The average molecular weight is 466 g/mol. The van der Waals surface area contributed by atoms with Crippen LogP contribution in [0.3, 0.4) is 0 Å². The number of alkyl halides is 3. The molecule has 4 rings (SSSR count). The fourth-order valence-electron chi connectivity index (χ4n) is 2.89. The standard InChI is InChI=1S/C18H15ClF3N9O/c1-9-2-3-13(29-15(9)23)30-14(18(20,21)22)11(8-27-30)17(32)28-10-6-12(19)16(24-7-10)31-25-4-5-26-31/h2-8,17,28,32H,1H3,(H2,23,29). The van der Waals surface area contributed by atoms with Gasteiger partial charge in [0.05, 0.1) is 41.1 Å². The second kappa shape index (κ2) is 8.09. The summed E-state index contributed by atoms with van der Waals surface area (Å²) in [6.07, 6.45) is -1.60. The van der Waals surface area contributed by atoms with Crippen molar-refractivity contribution in [2.45, 2.75) is 19.3 Å². The van der Waals surface area contributed by atoms with Gasteiger partial charge in [0.25, 0.3) is 0 Å². The van der Waals surface area contributed by atoms with Gasteiger partial charge >= 0.3 is 6.18 Å². The van der Waals surface area contributed by atoms with Crippen molar-refractivity contribution < 1.29 is 18.3 Å². The van der Waals surface area contributed by atoms with Gasteiger partial charge < -0.3 is 16.2 Å². The van der Waals surface area contributed by atoms with Crippen molar-refractivity contribution in [1.29, 1.82) is 0 Å². The third kappa shape index (κ3) is 4.07. The number of halogens is 4. The molecule has 0 amide bonds. The van der Waals surface area contributed by atoms with Gasteiger partial charge in [0.15, 0.2) is 23.6 Å². The first-order valence-electron chi connectivity index (χ1n) is 9.00. The highest BCUT2D eigenvalue weighted by atomic mass is 35.5. The zero-order valence-electron chi connectivity index (χ0n) is 16.3. The summed E-state index contributed by atoms with van der Waals surface area (Å²) in [4.78, 5) is 9.20. The topological polar surface area (TPSA) is 133 Å². The molecule has 14 heteroatoms. The molecule has 0 bridgehead atoms. The van der Waals surface area contributed by atoms with Gasteiger partial charge in [-0.05, 0) is 24.6 Å². The zero-order chi connectivity index (χ0) is 23.0. The number of hydrogen-bond donors (Lipinski definition) is 3. The molecule has 0 aliphatic heterocycles. The van der Waals surface area contributed by atoms with Gasteiger partial charge in [-0.15, -0.1) is 4.80 Å². The van der Waals surface area contributed by atoms with E-state index in [0.29, 0.717) is 10.2 Å². The minimum atomic E-state index is -4.85. The van der Waals surface area contributed by atoms with Crippen LogP contribution in [0.25, 0.3) is 11.6 Å². The summed E-state index contributed by atoms with van der Waals surface area (Å²) in [6.45, 7) is 1.67. The smallest absolute Gasteiger partial charge is 0.383 e. The molecule has 4 N–H and O–H groups in total. The van der Waals surface area contributed by atoms with Crippen molar-refractivity contribution >= 4 is 23.1 Å². The number of nitrogens with two attached hydrogens (primary N) is 1. The maximum Gasteiger partial charge on any atom is 0.433 e. The second-order valence-corrected chi connectivity index (χ2v) is 7.03. The van der Waals surface area contributed by atoms with Crippen LogP contribution in [-0.2, 0) is 6.18 Å². The van der Waals surface area contributed by atoms with Crippen LogP contribution in [0.4, 0.5) is 24.7 Å². The fourth-order valence-corrected chi connectivity index (χ4v) is 3.13. The molecule has 0 aromatic carbocycles. The third-order valence-corrected chi connectivity index (χ3v) is 4.71. The molecule has 1 unspecified atom stereocenters. The van der Waals surface area contributed by atoms with E-state index in [1.165, 1.54) is 41.6 Å². The molecule has 0 aliphatic carbocycles. The zero-order valence-corrected chi connectivity index (χ0v) is 17.0. The highest BCUT2D eigenvalue weighted by Gasteiger charge is 2.40. The van der Waals surface area contributed by atoms with Gasteiger partial charge in [-0.1, -0.05) is 17.7 Å². The molecule has 0 saturated heterocycles. The Hall–Kier alpha value is -3.71. The van der Waals surface area contributed by atoms with E-state index >= 15 is 0 Å². The summed E-state index contributed by atoms with van der Waals surface area (Å²) in [5.41, 5.74) is 4.77. The summed E-state index contributed by atoms with van der Waals surface area (Å²) < 4.78 is 42.2. The molecule has 0 aliphatic rings. The van der Waals surface area contributed by atoms with E-state index in [2.05, 4.69) is 30.6 Å². The van der Waals surface area contributed by atoms with Crippen molar-refractivity contribution in [3.8, 4) is 11.6 Å². The number of pyridine rings is 2. The number of aromatic nitrogens is 7. The first-order valence-corrected chi connectivity index (χ1v) is 9.38. The van der Waals surface area contributed by atoms with Crippen LogP contribution in [0.15, 0.2) is 43.0 Å². The highest BCUT2D eigenvalue weighted by molar-refractivity contribution is 6.32. The fraction of sp³-hybridized carbons (Fsp3) is 0.167. The van der Waals surface area contributed by atoms with Crippen molar-refractivity contribution in [1.82, 2.24) is 34.7 Å². The number of hydrogen-bond acceptors (Lipinski definition) is 8. The molecule has 32 heavy (non-hydrogen) atoms. The molecule has 1 atom stereocenters. The summed E-state index contributed by atoms with van der Waals surface area (Å²) >= 11 is 6.16. The molecule has 4 heterocycles. The quantitative estimate of drug-likeness (QED) is 0.383. The van der Waals surface area contributed by atoms with Crippen LogP contribution in [-0.4, -0.2) is 39.8 Å². The summed E-state index contributed by atoms with van der Waals surface area (Å²) in [5, 5.41) is 24.7. The van der Waals surface area contributed by atoms with Gasteiger partial charge in [-0.25, -0.2) is 14.6 Å². The second-order valence-electron chi connectivity index (χ2n) is 6.62. The number of aryl methyl sites for hydroxylation is 1. The van der Waals surface area contributed by atoms with Crippen LogP contribution < -0.4 is 11.1 Å². The van der Waals surface area contributed by atoms with Gasteiger partial charge in [0, 0.05) is 0 Å². The van der Waals surface area contributed by atoms with Crippen LogP contribution in [0.1, 0.15) is 23.0 Å². The van der Waals surface area contributed by atoms with E-state index in [0.717, 1.165) is 6.20 Å². The lowest BCUT2D eigenvalue weighted by Crippen LogP contribution is -2.20. The van der Waals surface area contributed by atoms with E-state index < -0.39 is 23.7 Å². The number of nitrogens with one attached hydrogen (secondary N) is 1. The summed E-state index contributed by atoms with van der Waals surface area (Å²) in [5.74, 6) is 0.141. The van der Waals surface area contributed by atoms with Gasteiger partial charge in [-0.3, -0.25) is 0 Å². The molecule has 0 spiro atoms. The van der Waals surface area contributed by atoms with E-state index in [-0.39, 0.29) is 28.2 Å². The molecule has 166 valence electrons. The van der Waals surface area contributed by atoms with Gasteiger partial charge in [0.1, 0.15) is 5.82 Å². The Bertz CT molecular complexity index is 1260. The van der Waals surface area contributed by atoms with Crippen molar-refractivity contribution in [3.05, 3.63) is 64.8 Å². The number of aliphatic hydroxyl groups excluding tert-OH is 1. The number of rotatable bonds is 5. The molecule has 0 saturated carbocycles. The van der Waals surface area contributed by atoms with E-state index in [1.807, 2.05) is 0 Å². The van der Waals surface area contributed by atoms with Crippen LogP contribution in [0.5, 0.6) is 0 Å². The first-order chi connectivity index (χ1) is 15.1. The summed E-state index contributed by atoms with van der Waals surface area (Å²) in [6, 6.07) is 4.25. The Morgan fingerprint density at radius 1 is 1.16 bits per heavy atom. The minimum Gasteiger partial charge on any atom is -0.383 e. The largest absolute Gasteiger partial charge is 0.433 e. The molecular weight excluding hydrogens is 451 g/mol. The van der Waals surface area contributed by atoms with E-state index in [1.54, 1.807) is 6.92 Å². The Labute approximate surface area is 183 Å². The lowest BCUT2D eigenvalue weighted by atomic mass is 10.2. The normalized spacial score (nSPS) is 12.7. The van der Waals surface area contributed by atoms with Crippen LogP contribution in [0, 0.1) is 6.92 Å². The average Bonchev–Trinajstić information content (AvgIpc) is 3.40. The predicted octanol–water partition coefficient (Wildman–Crippen LogP) is 2.91. The lowest BCUT2D eigenvalue weighted by Gasteiger charge is -2.17. The van der Waals surface area contributed by atoms with Gasteiger partial charge in [0.2, 0.25) is 0 Å². The van der Waals surface area contributed by atoms with Crippen molar-refractivity contribution in [2.75, 3.05) is 11.1 Å². The number of aliphatic hydroxyl groups is 1. The molecule has 4 aromatic heterocycles. The first kappa shape index (κ1) is 21.5. The highest BCUT2D eigenvalue weighted by Crippen LogP contribution is 2.36. The molecule has 4 aromatic rings. The third-order valence-electron chi connectivity index (χ3n) is 4.43. The summed E-state index contributed by atoms with van der Waals surface area (Å²) in [7, 11) is 0. The molecule has 0 fully saturated rings. The maximum absolute atomic E-state index is 13.9. The predicted molar refractivity (Wildman–Crippen MR) is 108 cm³/mol. The SMILES string of the molecule is Cc1ccc(-n2ncc(C(O)Nc3cnc(-n4nccn4)c(Cl)c3)c2C(F)(F)F)nc1N.